The van der Waals surface area contributed by atoms with Crippen LogP contribution in [0.25, 0.3) is 0 Å². The van der Waals surface area contributed by atoms with E-state index < -0.39 is 0 Å². The van der Waals surface area contributed by atoms with Crippen LogP contribution in [0.3, 0.4) is 0 Å². The lowest BCUT2D eigenvalue weighted by Crippen LogP contribution is -2.29. The summed E-state index contributed by atoms with van der Waals surface area (Å²) in [6, 6.07) is 4.03. The molecule has 0 bridgehead atoms. The second-order valence-electron chi connectivity index (χ2n) is 5.37. The van der Waals surface area contributed by atoms with Crippen molar-refractivity contribution < 1.29 is 9.47 Å². The third-order valence-corrected chi connectivity index (χ3v) is 4.05. The fourth-order valence-corrected chi connectivity index (χ4v) is 3.12. The number of benzene rings is 1. The van der Waals surface area contributed by atoms with Gasteiger partial charge >= 0.3 is 0 Å². The van der Waals surface area contributed by atoms with Gasteiger partial charge in [-0.25, -0.2) is 0 Å². The van der Waals surface area contributed by atoms with Gasteiger partial charge in [-0.15, -0.1) is 0 Å². The molecule has 1 atom stereocenters. The summed E-state index contributed by atoms with van der Waals surface area (Å²) in [5.74, 6) is 1.68. The molecule has 0 radical (unpaired) electrons. The van der Waals surface area contributed by atoms with Crippen LogP contribution in [0.4, 0.5) is 0 Å². The number of ether oxygens (including phenoxy) is 2. The van der Waals surface area contributed by atoms with E-state index in [-0.39, 0.29) is 0 Å². The number of hydrogen-bond donors (Lipinski definition) is 1. The van der Waals surface area contributed by atoms with Crippen LogP contribution in [-0.4, -0.2) is 26.4 Å². The van der Waals surface area contributed by atoms with E-state index in [1.165, 1.54) is 24.0 Å². The zero-order valence-electron chi connectivity index (χ0n) is 11.1. The minimum Gasteiger partial charge on any atom is -0.493 e. The fraction of sp³-hybridized carbons (Fsp3) is 0.600. The van der Waals surface area contributed by atoms with Gasteiger partial charge in [0.1, 0.15) is 5.75 Å². The van der Waals surface area contributed by atoms with E-state index in [1.54, 1.807) is 0 Å². The Hall–Kier alpha value is -0.770. The van der Waals surface area contributed by atoms with Crippen molar-refractivity contribution in [3.8, 4) is 5.75 Å². The molecular weight excluding hydrogens is 262 g/mol. The highest BCUT2D eigenvalue weighted by molar-refractivity contribution is 6.30. The lowest BCUT2D eigenvalue weighted by molar-refractivity contribution is 0.0547. The fourth-order valence-electron chi connectivity index (χ4n) is 2.86. The molecule has 0 saturated carbocycles. The minimum absolute atomic E-state index is 0.641. The van der Waals surface area contributed by atoms with Crippen molar-refractivity contribution in [2.24, 2.45) is 5.92 Å². The molecule has 1 unspecified atom stereocenters. The molecule has 2 aliphatic heterocycles. The maximum absolute atomic E-state index is 6.15. The molecule has 0 aromatic heterocycles. The minimum atomic E-state index is 0.641. The van der Waals surface area contributed by atoms with E-state index in [1.807, 2.05) is 12.1 Å². The van der Waals surface area contributed by atoms with Crippen molar-refractivity contribution >= 4 is 11.6 Å². The Kier molecular flexibility index (Phi) is 4.26. The Labute approximate surface area is 119 Å². The molecule has 1 aromatic carbocycles. The van der Waals surface area contributed by atoms with E-state index in [9.17, 15) is 0 Å². The molecule has 1 fully saturated rings. The van der Waals surface area contributed by atoms with Gasteiger partial charge in [0.05, 0.1) is 13.2 Å². The molecule has 2 aliphatic rings. The molecule has 0 amide bonds. The smallest absolute Gasteiger partial charge is 0.127 e. The quantitative estimate of drug-likeness (QED) is 0.921. The van der Waals surface area contributed by atoms with Gasteiger partial charge in [0.15, 0.2) is 0 Å². The Balaban J connectivity index is 1.57. The lowest BCUT2D eigenvalue weighted by Gasteiger charge is -2.22. The van der Waals surface area contributed by atoms with E-state index >= 15 is 0 Å². The van der Waals surface area contributed by atoms with Gasteiger partial charge in [0.2, 0.25) is 0 Å². The third-order valence-electron chi connectivity index (χ3n) is 3.83. The van der Waals surface area contributed by atoms with E-state index in [0.29, 0.717) is 5.92 Å². The molecule has 1 saturated heterocycles. The average molecular weight is 282 g/mol. The van der Waals surface area contributed by atoms with Crippen molar-refractivity contribution in [1.82, 2.24) is 5.32 Å². The monoisotopic (exact) mass is 281 g/mol. The molecule has 19 heavy (non-hydrogen) atoms. The zero-order valence-corrected chi connectivity index (χ0v) is 11.8. The van der Waals surface area contributed by atoms with Gasteiger partial charge in [-0.2, -0.15) is 0 Å². The summed E-state index contributed by atoms with van der Waals surface area (Å²) in [6.45, 7) is 4.41. The highest BCUT2D eigenvalue weighted by Crippen LogP contribution is 2.32. The first kappa shape index (κ1) is 13.2. The Bertz CT molecular complexity index is 444. The van der Waals surface area contributed by atoms with Crippen LogP contribution in [0.15, 0.2) is 12.1 Å². The summed E-state index contributed by atoms with van der Waals surface area (Å²) in [6.07, 6.45) is 3.42. The van der Waals surface area contributed by atoms with Crippen LogP contribution < -0.4 is 10.1 Å². The normalized spacial score (nSPS) is 22.1. The summed E-state index contributed by atoms with van der Waals surface area (Å²) in [5, 5.41) is 4.32. The lowest BCUT2D eigenvalue weighted by atomic mass is 10.0. The molecule has 0 aliphatic carbocycles. The van der Waals surface area contributed by atoms with Crippen LogP contribution in [0.1, 0.15) is 24.0 Å². The highest BCUT2D eigenvalue weighted by Gasteiger charge is 2.18. The van der Waals surface area contributed by atoms with Crippen LogP contribution in [0.5, 0.6) is 5.75 Å². The van der Waals surface area contributed by atoms with Crippen molar-refractivity contribution in [3.63, 3.8) is 0 Å². The zero-order chi connectivity index (χ0) is 13.1. The number of rotatable bonds is 4. The molecule has 4 heteroatoms. The first-order chi connectivity index (χ1) is 9.33. The van der Waals surface area contributed by atoms with Crippen LogP contribution in [0.2, 0.25) is 5.02 Å². The standard InChI is InChI=1S/C15H20ClNO2/c16-14-6-12-3-5-19-15(12)13(7-14)9-17-8-11-2-1-4-18-10-11/h6-7,11,17H,1-5,8-10H2. The predicted octanol–water partition coefficient (Wildman–Crippen LogP) is 2.79. The van der Waals surface area contributed by atoms with Gasteiger partial charge < -0.3 is 14.8 Å². The highest BCUT2D eigenvalue weighted by atomic mass is 35.5. The van der Waals surface area contributed by atoms with Crippen LogP contribution >= 0.6 is 11.6 Å². The van der Waals surface area contributed by atoms with E-state index in [0.717, 1.165) is 50.1 Å². The van der Waals surface area contributed by atoms with Crippen molar-refractivity contribution in [2.45, 2.75) is 25.8 Å². The number of fused-ring (bicyclic) bond motifs is 1. The largest absolute Gasteiger partial charge is 0.493 e. The Morgan fingerprint density at radius 2 is 2.26 bits per heavy atom. The Morgan fingerprint density at radius 1 is 1.32 bits per heavy atom. The van der Waals surface area contributed by atoms with Crippen molar-refractivity contribution in [1.29, 1.82) is 0 Å². The average Bonchev–Trinajstić information content (AvgIpc) is 2.88. The first-order valence-electron chi connectivity index (χ1n) is 7.05. The maximum atomic E-state index is 6.15. The second-order valence-corrected chi connectivity index (χ2v) is 5.80. The third kappa shape index (κ3) is 3.22. The molecule has 104 valence electrons. The van der Waals surface area contributed by atoms with Crippen LogP contribution in [-0.2, 0) is 17.7 Å². The summed E-state index contributed by atoms with van der Waals surface area (Å²) in [4.78, 5) is 0. The molecular formula is C15H20ClNO2. The molecule has 2 heterocycles. The summed E-state index contributed by atoms with van der Waals surface area (Å²) < 4.78 is 11.2. The SMILES string of the molecule is Clc1cc2c(c(CNCC3CCCOC3)c1)OCC2. The van der Waals surface area contributed by atoms with Gasteiger partial charge in [0, 0.05) is 36.7 Å². The van der Waals surface area contributed by atoms with Crippen molar-refractivity contribution in [3.05, 3.63) is 28.3 Å². The number of halogens is 1. The number of nitrogens with one attached hydrogen (secondary N) is 1. The summed E-state index contributed by atoms with van der Waals surface area (Å²) in [7, 11) is 0. The van der Waals surface area contributed by atoms with Gasteiger partial charge in [0.25, 0.3) is 0 Å². The van der Waals surface area contributed by atoms with E-state index in [2.05, 4.69) is 5.32 Å². The molecule has 0 spiro atoms. The van der Waals surface area contributed by atoms with Gasteiger partial charge in [-0.3, -0.25) is 0 Å². The molecule has 3 nitrogen and oxygen atoms in total. The second kappa shape index (κ2) is 6.12. The molecule has 1 N–H and O–H groups in total. The van der Waals surface area contributed by atoms with E-state index in [4.69, 9.17) is 21.1 Å². The molecule has 3 rings (SSSR count). The molecule has 1 aromatic rings. The summed E-state index contributed by atoms with van der Waals surface area (Å²) in [5.41, 5.74) is 2.42. The maximum Gasteiger partial charge on any atom is 0.127 e. The van der Waals surface area contributed by atoms with Crippen molar-refractivity contribution in [2.75, 3.05) is 26.4 Å². The van der Waals surface area contributed by atoms with Gasteiger partial charge in [-0.1, -0.05) is 11.6 Å². The summed E-state index contributed by atoms with van der Waals surface area (Å²) >= 11 is 6.15. The van der Waals surface area contributed by atoms with Gasteiger partial charge in [-0.05, 0) is 36.5 Å². The first-order valence-corrected chi connectivity index (χ1v) is 7.43. The topological polar surface area (TPSA) is 30.5 Å². The predicted molar refractivity (Wildman–Crippen MR) is 75.9 cm³/mol. The van der Waals surface area contributed by atoms with Crippen LogP contribution in [0, 0.1) is 5.92 Å². The Morgan fingerprint density at radius 3 is 3.11 bits per heavy atom. The number of hydrogen-bond acceptors (Lipinski definition) is 3.